The van der Waals surface area contributed by atoms with Gasteiger partial charge in [0.1, 0.15) is 0 Å². The van der Waals surface area contributed by atoms with Crippen LogP contribution in [0.1, 0.15) is 11.1 Å². The summed E-state index contributed by atoms with van der Waals surface area (Å²) in [6, 6.07) is 13.8. The molecule has 0 aliphatic carbocycles. The Labute approximate surface area is 107 Å². The van der Waals surface area contributed by atoms with Crippen molar-refractivity contribution in [2.45, 2.75) is 18.7 Å². The fourth-order valence-corrected chi connectivity index (χ4v) is 1.79. The van der Waals surface area contributed by atoms with Gasteiger partial charge in [-0.1, -0.05) is 24.3 Å². The van der Waals surface area contributed by atoms with E-state index in [-0.39, 0.29) is 0 Å². The molecule has 2 nitrogen and oxygen atoms in total. The van der Waals surface area contributed by atoms with Crippen molar-refractivity contribution in [2.75, 3.05) is 0 Å². The van der Waals surface area contributed by atoms with Gasteiger partial charge in [-0.3, -0.25) is 0 Å². The molecular weight excluding hydrogens is 228 g/mol. The van der Waals surface area contributed by atoms with E-state index in [4.69, 9.17) is 0 Å². The van der Waals surface area contributed by atoms with Crippen molar-refractivity contribution < 1.29 is 0 Å². The molecule has 17 heavy (non-hydrogen) atoms. The normalized spacial score (nSPS) is 11.0. The molecule has 0 saturated heterocycles. The van der Waals surface area contributed by atoms with Crippen LogP contribution < -0.4 is 0 Å². The zero-order chi connectivity index (χ0) is 12.3. The number of aryl methyl sites for hydroxylation is 2. The van der Waals surface area contributed by atoms with E-state index >= 15 is 0 Å². The summed E-state index contributed by atoms with van der Waals surface area (Å²) in [5.41, 5.74) is 3.95. The van der Waals surface area contributed by atoms with Crippen molar-refractivity contribution in [3.05, 3.63) is 53.6 Å². The summed E-state index contributed by atoms with van der Waals surface area (Å²) in [6.07, 6.45) is 0. The number of azo groups is 1. The van der Waals surface area contributed by atoms with Gasteiger partial charge in [-0.15, -0.1) is 17.7 Å². The van der Waals surface area contributed by atoms with Crippen molar-refractivity contribution in [1.29, 1.82) is 0 Å². The molecule has 0 aliphatic heterocycles. The third-order valence-corrected chi connectivity index (χ3v) is 3.04. The zero-order valence-electron chi connectivity index (χ0n) is 9.88. The molecule has 2 aromatic carbocycles. The Morgan fingerprint density at radius 2 is 1.65 bits per heavy atom. The minimum absolute atomic E-state index is 0.815. The molecule has 86 valence electrons. The van der Waals surface area contributed by atoms with Crippen molar-refractivity contribution in [1.82, 2.24) is 0 Å². The van der Waals surface area contributed by atoms with E-state index in [0.717, 1.165) is 21.8 Å². The fourth-order valence-electron chi connectivity index (χ4n) is 1.62. The second kappa shape index (κ2) is 5.15. The Balaban J connectivity index is 2.33. The Kier molecular flexibility index (Phi) is 3.59. The van der Waals surface area contributed by atoms with Gasteiger partial charge in [-0.2, -0.15) is 5.11 Å². The predicted octanol–water partition coefficient (Wildman–Crippen LogP) is 5.01. The van der Waals surface area contributed by atoms with Crippen LogP contribution in [0.2, 0.25) is 0 Å². The van der Waals surface area contributed by atoms with Gasteiger partial charge in [0.15, 0.2) is 0 Å². The molecular formula is C14H14N2S. The topological polar surface area (TPSA) is 24.7 Å². The molecule has 0 bridgehead atoms. The van der Waals surface area contributed by atoms with Gasteiger partial charge >= 0.3 is 0 Å². The molecule has 0 N–H and O–H groups in total. The minimum Gasteiger partial charge on any atom is -0.151 e. The van der Waals surface area contributed by atoms with Crippen LogP contribution in [-0.4, -0.2) is 0 Å². The van der Waals surface area contributed by atoms with E-state index in [1.54, 1.807) is 0 Å². The average Bonchev–Trinajstić information content (AvgIpc) is 2.33. The standard InChI is InChI=1S/C14H14N2S/c1-10-8-11(2)14(17)13(9-10)16-15-12-6-4-3-5-7-12/h3-9,17H,1-2H3. The largest absolute Gasteiger partial charge is 0.151 e. The smallest absolute Gasteiger partial charge is 0.0995 e. The van der Waals surface area contributed by atoms with E-state index in [2.05, 4.69) is 28.9 Å². The highest BCUT2D eigenvalue weighted by Gasteiger charge is 2.02. The van der Waals surface area contributed by atoms with E-state index in [0.29, 0.717) is 0 Å². The SMILES string of the molecule is Cc1cc(C)c(S)c(N=Nc2ccccc2)c1. The molecule has 0 aliphatic rings. The van der Waals surface area contributed by atoms with Crippen molar-refractivity contribution in [3.8, 4) is 0 Å². The fraction of sp³-hybridized carbons (Fsp3) is 0.143. The van der Waals surface area contributed by atoms with Gasteiger partial charge in [0, 0.05) is 4.90 Å². The van der Waals surface area contributed by atoms with Gasteiger partial charge in [-0.05, 0) is 43.2 Å². The highest BCUT2D eigenvalue weighted by molar-refractivity contribution is 7.80. The summed E-state index contributed by atoms with van der Waals surface area (Å²) in [5, 5.41) is 8.44. The monoisotopic (exact) mass is 242 g/mol. The van der Waals surface area contributed by atoms with E-state index in [9.17, 15) is 0 Å². The highest BCUT2D eigenvalue weighted by atomic mass is 32.1. The Bertz CT molecular complexity index is 548. The molecule has 0 saturated carbocycles. The van der Waals surface area contributed by atoms with Gasteiger partial charge in [0.05, 0.1) is 11.4 Å². The number of rotatable bonds is 2. The van der Waals surface area contributed by atoms with E-state index in [1.807, 2.05) is 50.2 Å². The van der Waals surface area contributed by atoms with Crippen LogP contribution in [0, 0.1) is 13.8 Å². The third-order valence-electron chi connectivity index (χ3n) is 2.45. The first-order chi connectivity index (χ1) is 8.16. The molecule has 0 unspecified atom stereocenters. The summed E-state index contributed by atoms with van der Waals surface area (Å²) in [7, 11) is 0. The van der Waals surface area contributed by atoms with Crippen LogP contribution in [0.3, 0.4) is 0 Å². The highest BCUT2D eigenvalue weighted by Crippen LogP contribution is 2.29. The molecule has 3 heteroatoms. The number of hydrogen-bond donors (Lipinski definition) is 1. The first kappa shape index (κ1) is 11.9. The molecule has 0 aromatic heterocycles. The molecule has 0 amide bonds. The Morgan fingerprint density at radius 1 is 0.941 bits per heavy atom. The molecule has 0 heterocycles. The maximum Gasteiger partial charge on any atom is 0.0995 e. The maximum absolute atomic E-state index is 4.45. The molecule has 0 spiro atoms. The number of hydrogen-bond acceptors (Lipinski definition) is 3. The molecule has 2 aromatic rings. The lowest BCUT2D eigenvalue weighted by molar-refractivity contribution is 1.16. The second-order valence-corrected chi connectivity index (χ2v) is 4.43. The van der Waals surface area contributed by atoms with Crippen molar-refractivity contribution >= 4 is 24.0 Å². The first-order valence-electron chi connectivity index (χ1n) is 5.44. The Hall–Kier alpha value is -1.61. The summed E-state index contributed by atoms with van der Waals surface area (Å²) >= 11 is 4.45. The molecule has 2 rings (SSSR count). The second-order valence-electron chi connectivity index (χ2n) is 3.99. The predicted molar refractivity (Wildman–Crippen MR) is 73.8 cm³/mol. The van der Waals surface area contributed by atoms with Crippen molar-refractivity contribution in [3.63, 3.8) is 0 Å². The maximum atomic E-state index is 4.45. The first-order valence-corrected chi connectivity index (χ1v) is 5.88. The van der Waals surface area contributed by atoms with Crippen LogP contribution in [0.25, 0.3) is 0 Å². The number of thiol groups is 1. The van der Waals surface area contributed by atoms with E-state index in [1.165, 1.54) is 5.56 Å². The van der Waals surface area contributed by atoms with Gasteiger partial charge < -0.3 is 0 Å². The Morgan fingerprint density at radius 3 is 2.35 bits per heavy atom. The summed E-state index contributed by atoms with van der Waals surface area (Å²) in [4.78, 5) is 0.885. The lowest BCUT2D eigenvalue weighted by atomic mass is 10.1. The molecule has 0 fully saturated rings. The van der Waals surface area contributed by atoms with Gasteiger partial charge in [0.25, 0.3) is 0 Å². The summed E-state index contributed by atoms with van der Waals surface area (Å²) in [5.74, 6) is 0. The van der Waals surface area contributed by atoms with Gasteiger partial charge in [0.2, 0.25) is 0 Å². The lowest BCUT2D eigenvalue weighted by Crippen LogP contribution is -1.80. The zero-order valence-corrected chi connectivity index (χ0v) is 10.8. The third kappa shape index (κ3) is 2.94. The van der Waals surface area contributed by atoms with Crippen LogP contribution in [0.4, 0.5) is 11.4 Å². The average molecular weight is 242 g/mol. The summed E-state index contributed by atoms with van der Waals surface area (Å²) in [6.45, 7) is 4.07. The minimum atomic E-state index is 0.815. The van der Waals surface area contributed by atoms with Crippen LogP contribution in [0.15, 0.2) is 57.6 Å². The lowest BCUT2D eigenvalue weighted by Gasteiger charge is -2.04. The van der Waals surface area contributed by atoms with Crippen LogP contribution in [0.5, 0.6) is 0 Å². The van der Waals surface area contributed by atoms with Crippen LogP contribution in [-0.2, 0) is 0 Å². The van der Waals surface area contributed by atoms with Crippen molar-refractivity contribution in [2.24, 2.45) is 10.2 Å². The number of nitrogens with zero attached hydrogens (tertiary/aromatic N) is 2. The quantitative estimate of drug-likeness (QED) is 0.566. The molecule has 0 atom stereocenters. The molecule has 0 radical (unpaired) electrons. The number of benzene rings is 2. The summed E-state index contributed by atoms with van der Waals surface area (Å²) < 4.78 is 0. The van der Waals surface area contributed by atoms with Gasteiger partial charge in [-0.25, -0.2) is 0 Å². The van der Waals surface area contributed by atoms with E-state index < -0.39 is 0 Å². The van der Waals surface area contributed by atoms with Crippen LogP contribution >= 0.6 is 12.6 Å².